The summed E-state index contributed by atoms with van der Waals surface area (Å²) in [4.78, 5) is 0. The fraction of sp³-hybridized carbons (Fsp3) is 0.600. The Labute approximate surface area is 115 Å². The average molecular weight is 267 g/mol. The summed E-state index contributed by atoms with van der Waals surface area (Å²) in [5.74, 6) is 1.04. The van der Waals surface area contributed by atoms with Gasteiger partial charge < -0.3 is 10.4 Å². The maximum absolute atomic E-state index is 8.91. The summed E-state index contributed by atoms with van der Waals surface area (Å²) in [6.45, 7) is 6.76. The van der Waals surface area contributed by atoms with Gasteiger partial charge in [-0.05, 0) is 44.0 Å². The van der Waals surface area contributed by atoms with Gasteiger partial charge in [0.1, 0.15) is 0 Å². The molecule has 2 atom stereocenters. The van der Waals surface area contributed by atoms with Gasteiger partial charge in [-0.1, -0.05) is 25.1 Å². The smallest absolute Gasteiger partial charge is 0.0441 e. The first-order valence-corrected chi connectivity index (χ1v) is 7.60. The predicted octanol–water partition coefficient (Wildman–Crippen LogP) is 3.07. The number of aryl methyl sites for hydroxylation is 2. The molecule has 18 heavy (non-hydrogen) atoms. The molecule has 102 valence electrons. The monoisotopic (exact) mass is 267 g/mol. The van der Waals surface area contributed by atoms with E-state index in [1.807, 2.05) is 18.8 Å². The second kappa shape index (κ2) is 7.82. The minimum atomic E-state index is 0.280. The standard InChI is InChI=1S/C15H25NOS/c1-11-5-6-14(9-12(11)2)15(16-4)10-18-13(3)7-8-17/h5-6,9,13,15-17H,7-8,10H2,1-4H3. The molecule has 0 fully saturated rings. The SMILES string of the molecule is CNC(CSC(C)CCO)c1ccc(C)c(C)c1. The third-order valence-electron chi connectivity index (χ3n) is 3.36. The zero-order valence-corrected chi connectivity index (χ0v) is 12.7. The lowest BCUT2D eigenvalue weighted by Gasteiger charge is -2.19. The van der Waals surface area contributed by atoms with Crippen molar-refractivity contribution in [2.45, 2.75) is 38.5 Å². The molecule has 0 aliphatic rings. The maximum Gasteiger partial charge on any atom is 0.0441 e. The van der Waals surface area contributed by atoms with Crippen LogP contribution in [-0.2, 0) is 0 Å². The van der Waals surface area contributed by atoms with Crippen LogP contribution in [0.15, 0.2) is 18.2 Å². The number of hydrogen-bond donors (Lipinski definition) is 2. The summed E-state index contributed by atoms with van der Waals surface area (Å²) in [7, 11) is 2.01. The van der Waals surface area contributed by atoms with Crippen LogP contribution >= 0.6 is 11.8 Å². The van der Waals surface area contributed by atoms with E-state index in [2.05, 4.69) is 44.3 Å². The molecular weight excluding hydrogens is 242 g/mol. The Kier molecular flexibility index (Phi) is 6.76. The first-order valence-electron chi connectivity index (χ1n) is 6.55. The summed E-state index contributed by atoms with van der Waals surface area (Å²) in [6.07, 6.45) is 0.869. The van der Waals surface area contributed by atoms with E-state index in [0.29, 0.717) is 11.3 Å². The molecule has 0 bridgehead atoms. The Morgan fingerprint density at radius 3 is 2.56 bits per heavy atom. The largest absolute Gasteiger partial charge is 0.396 e. The summed E-state index contributed by atoms with van der Waals surface area (Å²) < 4.78 is 0. The molecule has 3 heteroatoms. The molecule has 0 amide bonds. The zero-order chi connectivity index (χ0) is 13.5. The fourth-order valence-corrected chi connectivity index (χ4v) is 3.01. The predicted molar refractivity (Wildman–Crippen MR) is 81.3 cm³/mol. The zero-order valence-electron chi connectivity index (χ0n) is 11.9. The summed E-state index contributed by atoms with van der Waals surface area (Å²) in [5.41, 5.74) is 4.04. The van der Waals surface area contributed by atoms with Crippen molar-refractivity contribution in [3.63, 3.8) is 0 Å². The Morgan fingerprint density at radius 2 is 2.00 bits per heavy atom. The topological polar surface area (TPSA) is 32.3 Å². The van der Waals surface area contributed by atoms with Crippen LogP contribution in [-0.4, -0.2) is 29.8 Å². The van der Waals surface area contributed by atoms with Crippen molar-refractivity contribution >= 4 is 11.8 Å². The third-order valence-corrected chi connectivity index (χ3v) is 4.70. The van der Waals surface area contributed by atoms with Gasteiger partial charge in [-0.3, -0.25) is 0 Å². The van der Waals surface area contributed by atoms with Crippen LogP contribution < -0.4 is 5.32 Å². The van der Waals surface area contributed by atoms with Crippen molar-refractivity contribution in [1.29, 1.82) is 0 Å². The van der Waals surface area contributed by atoms with Crippen molar-refractivity contribution in [1.82, 2.24) is 5.32 Å². The highest BCUT2D eigenvalue weighted by Gasteiger charge is 2.12. The molecule has 0 heterocycles. The molecule has 0 spiro atoms. The van der Waals surface area contributed by atoms with Crippen LogP contribution in [0.3, 0.4) is 0 Å². The van der Waals surface area contributed by atoms with Crippen molar-refractivity contribution in [3.8, 4) is 0 Å². The number of thioether (sulfide) groups is 1. The first-order chi connectivity index (χ1) is 8.58. The van der Waals surface area contributed by atoms with E-state index in [-0.39, 0.29) is 6.61 Å². The molecule has 0 aromatic heterocycles. The van der Waals surface area contributed by atoms with Gasteiger partial charge in [-0.15, -0.1) is 0 Å². The highest BCUT2D eigenvalue weighted by atomic mass is 32.2. The normalized spacial score (nSPS) is 14.5. The molecular formula is C15H25NOS. The molecule has 0 saturated heterocycles. The van der Waals surface area contributed by atoms with Crippen molar-refractivity contribution in [3.05, 3.63) is 34.9 Å². The molecule has 2 nitrogen and oxygen atoms in total. The van der Waals surface area contributed by atoms with Gasteiger partial charge in [-0.2, -0.15) is 11.8 Å². The number of aliphatic hydroxyl groups is 1. The van der Waals surface area contributed by atoms with Gasteiger partial charge in [0.15, 0.2) is 0 Å². The van der Waals surface area contributed by atoms with E-state index in [4.69, 9.17) is 5.11 Å². The minimum absolute atomic E-state index is 0.280. The number of nitrogens with one attached hydrogen (secondary N) is 1. The van der Waals surface area contributed by atoms with Gasteiger partial charge in [0.05, 0.1) is 0 Å². The number of hydrogen-bond acceptors (Lipinski definition) is 3. The van der Waals surface area contributed by atoms with Gasteiger partial charge in [-0.25, -0.2) is 0 Å². The second-order valence-corrected chi connectivity index (χ2v) is 6.31. The first kappa shape index (κ1) is 15.5. The van der Waals surface area contributed by atoms with Gasteiger partial charge >= 0.3 is 0 Å². The van der Waals surface area contributed by atoms with E-state index in [9.17, 15) is 0 Å². The minimum Gasteiger partial charge on any atom is -0.396 e. The van der Waals surface area contributed by atoms with E-state index in [1.54, 1.807) is 0 Å². The number of aliphatic hydroxyl groups excluding tert-OH is 1. The third kappa shape index (κ3) is 4.63. The summed E-state index contributed by atoms with van der Waals surface area (Å²) in [5, 5.41) is 12.8. The van der Waals surface area contributed by atoms with Crippen LogP contribution in [0.1, 0.15) is 36.1 Å². The molecule has 0 aliphatic carbocycles. The second-order valence-electron chi connectivity index (χ2n) is 4.84. The molecule has 0 radical (unpaired) electrons. The molecule has 0 saturated carbocycles. The number of rotatable bonds is 7. The molecule has 2 N–H and O–H groups in total. The van der Waals surface area contributed by atoms with Crippen molar-refractivity contribution in [2.75, 3.05) is 19.4 Å². The van der Waals surface area contributed by atoms with E-state index < -0.39 is 0 Å². The highest BCUT2D eigenvalue weighted by molar-refractivity contribution is 7.99. The lowest BCUT2D eigenvalue weighted by atomic mass is 10.0. The lowest BCUT2D eigenvalue weighted by molar-refractivity contribution is 0.289. The van der Waals surface area contributed by atoms with Crippen LogP contribution in [0.4, 0.5) is 0 Å². The Balaban J connectivity index is 2.62. The van der Waals surface area contributed by atoms with Gasteiger partial charge in [0.25, 0.3) is 0 Å². The Bertz CT molecular complexity index is 368. The Morgan fingerprint density at radius 1 is 1.28 bits per heavy atom. The molecule has 2 unspecified atom stereocenters. The van der Waals surface area contributed by atoms with Crippen molar-refractivity contribution < 1.29 is 5.11 Å². The molecule has 0 aliphatic heterocycles. The van der Waals surface area contributed by atoms with Crippen molar-refractivity contribution in [2.24, 2.45) is 0 Å². The Hall–Kier alpha value is -0.510. The highest BCUT2D eigenvalue weighted by Crippen LogP contribution is 2.24. The summed E-state index contributed by atoms with van der Waals surface area (Å²) >= 11 is 1.92. The van der Waals surface area contributed by atoms with Crippen LogP contribution in [0, 0.1) is 13.8 Å². The average Bonchev–Trinajstić information content (AvgIpc) is 2.34. The number of benzene rings is 1. The van der Waals surface area contributed by atoms with Crippen LogP contribution in [0.25, 0.3) is 0 Å². The van der Waals surface area contributed by atoms with E-state index >= 15 is 0 Å². The lowest BCUT2D eigenvalue weighted by Crippen LogP contribution is -2.20. The van der Waals surface area contributed by atoms with Gasteiger partial charge in [0.2, 0.25) is 0 Å². The molecule has 1 aromatic rings. The van der Waals surface area contributed by atoms with Crippen LogP contribution in [0.2, 0.25) is 0 Å². The fourth-order valence-electron chi connectivity index (χ4n) is 1.85. The summed E-state index contributed by atoms with van der Waals surface area (Å²) in [6, 6.07) is 7.06. The quantitative estimate of drug-likeness (QED) is 0.796. The van der Waals surface area contributed by atoms with Gasteiger partial charge in [0, 0.05) is 23.7 Å². The maximum atomic E-state index is 8.91. The van der Waals surface area contributed by atoms with E-state index in [0.717, 1.165) is 12.2 Å². The molecule has 1 rings (SSSR count). The van der Waals surface area contributed by atoms with E-state index in [1.165, 1.54) is 16.7 Å². The van der Waals surface area contributed by atoms with Crippen LogP contribution in [0.5, 0.6) is 0 Å². The molecule has 1 aromatic carbocycles.